The third kappa shape index (κ3) is 4.86. The molecule has 35 heavy (non-hydrogen) atoms. The first-order chi connectivity index (χ1) is 16.7. The molecule has 6 nitrogen and oxygen atoms in total. The van der Waals surface area contributed by atoms with Crippen LogP contribution in [-0.2, 0) is 9.53 Å². The van der Waals surface area contributed by atoms with Crippen LogP contribution in [0.3, 0.4) is 0 Å². The lowest BCUT2D eigenvalue weighted by Gasteiger charge is -2.25. The van der Waals surface area contributed by atoms with Gasteiger partial charge in [-0.05, 0) is 54.7 Å². The Balaban J connectivity index is 1.88. The number of rotatable bonds is 6. The molecule has 0 fully saturated rings. The van der Waals surface area contributed by atoms with Crippen LogP contribution < -0.4 is 19.8 Å². The van der Waals surface area contributed by atoms with Gasteiger partial charge in [-0.2, -0.15) is 0 Å². The van der Waals surface area contributed by atoms with Gasteiger partial charge in [0.1, 0.15) is 0 Å². The van der Waals surface area contributed by atoms with Crippen LogP contribution in [0.1, 0.15) is 56.3 Å². The van der Waals surface area contributed by atoms with Gasteiger partial charge in [-0.15, -0.1) is 0 Å². The Kier molecular flexibility index (Phi) is 7.08. The number of fused-ring (bicyclic) bond motifs is 1. The predicted molar refractivity (Wildman–Crippen MR) is 142 cm³/mol. The molecule has 1 atom stereocenters. The first-order valence-electron chi connectivity index (χ1n) is 11.8. The normalized spacial score (nSPS) is 15.7. The molecule has 0 amide bonds. The molecule has 3 aromatic rings. The predicted octanol–water partition coefficient (Wildman–Crippen LogP) is 3.99. The summed E-state index contributed by atoms with van der Waals surface area (Å²) in [7, 11) is 3.94. The summed E-state index contributed by atoms with van der Waals surface area (Å²) in [5, 5.41) is 0. The first kappa shape index (κ1) is 24.7. The zero-order valence-electron chi connectivity index (χ0n) is 21.0. The molecule has 0 saturated carbocycles. The fraction of sp³-hybridized carbons (Fsp3) is 0.321. The molecule has 2 aromatic carbocycles. The van der Waals surface area contributed by atoms with Crippen molar-refractivity contribution in [1.29, 1.82) is 0 Å². The quantitative estimate of drug-likeness (QED) is 0.491. The number of nitrogens with zero attached hydrogens (tertiary/aromatic N) is 3. The molecule has 1 aliphatic heterocycles. The van der Waals surface area contributed by atoms with E-state index < -0.39 is 12.0 Å². The van der Waals surface area contributed by atoms with Gasteiger partial charge in [0.2, 0.25) is 0 Å². The lowest BCUT2D eigenvalue weighted by molar-refractivity contribution is -0.139. The molecular formula is C28H31N3O3S. The van der Waals surface area contributed by atoms with E-state index in [9.17, 15) is 9.59 Å². The molecule has 7 heteroatoms. The molecular weight excluding hydrogens is 458 g/mol. The number of thiazole rings is 1. The number of hydrogen-bond acceptors (Lipinski definition) is 6. The summed E-state index contributed by atoms with van der Waals surface area (Å²) in [6, 6.07) is 15.5. The number of carbonyl (C=O) groups excluding carboxylic acids is 1. The van der Waals surface area contributed by atoms with Crippen LogP contribution in [0.15, 0.2) is 69.6 Å². The number of aromatic nitrogens is 1. The van der Waals surface area contributed by atoms with Gasteiger partial charge >= 0.3 is 5.97 Å². The number of carbonyl (C=O) groups is 1. The maximum atomic E-state index is 13.7. The number of hydrogen-bond donors (Lipinski definition) is 0. The Morgan fingerprint density at radius 1 is 1.14 bits per heavy atom. The van der Waals surface area contributed by atoms with Gasteiger partial charge in [-0.3, -0.25) is 9.36 Å². The standard InChI is InChI=1S/C28H31N3O3S/c1-7-34-27(33)24-18(4)29-28-31(25(24)21-12-14-22(15-13-21)30(5)6)26(32)23(35-28)16-19-8-10-20(11-9-19)17(2)3/h8-17,25H,7H2,1-6H3. The van der Waals surface area contributed by atoms with E-state index in [1.165, 1.54) is 16.9 Å². The Labute approximate surface area is 209 Å². The summed E-state index contributed by atoms with van der Waals surface area (Å²) in [5.74, 6) is -0.00786. The van der Waals surface area contributed by atoms with Crippen molar-refractivity contribution in [2.75, 3.05) is 25.6 Å². The molecule has 4 rings (SSSR count). The number of esters is 1. The van der Waals surface area contributed by atoms with Crippen LogP contribution in [0.5, 0.6) is 0 Å². The van der Waals surface area contributed by atoms with Crippen molar-refractivity contribution < 1.29 is 9.53 Å². The molecule has 1 aliphatic rings. The average Bonchev–Trinajstić information content (AvgIpc) is 3.13. The fourth-order valence-corrected chi connectivity index (χ4v) is 5.24. The number of anilines is 1. The second-order valence-corrected chi connectivity index (χ2v) is 10.1. The minimum atomic E-state index is -0.605. The van der Waals surface area contributed by atoms with Crippen molar-refractivity contribution in [2.45, 2.75) is 39.7 Å². The third-order valence-electron chi connectivity index (χ3n) is 6.14. The highest BCUT2D eigenvalue weighted by Crippen LogP contribution is 2.31. The van der Waals surface area contributed by atoms with Crippen molar-refractivity contribution in [3.8, 4) is 0 Å². The minimum absolute atomic E-state index is 0.169. The van der Waals surface area contributed by atoms with Crippen molar-refractivity contribution in [3.05, 3.63) is 96.2 Å². The van der Waals surface area contributed by atoms with Gasteiger partial charge in [0, 0.05) is 19.8 Å². The highest BCUT2D eigenvalue weighted by molar-refractivity contribution is 7.07. The zero-order chi connectivity index (χ0) is 25.3. The molecule has 2 heterocycles. The van der Waals surface area contributed by atoms with Crippen molar-refractivity contribution in [3.63, 3.8) is 0 Å². The highest BCUT2D eigenvalue weighted by atomic mass is 32.1. The number of benzene rings is 2. The Morgan fingerprint density at radius 2 is 1.80 bits per heavy atom. The van der Waals surface area contributed by atoms with E-state index >= 15 is 0 Å². The molecule has 0 aliphatic carbocycles. The van der Waals surface area contributed by atoms with Gasteiger partial charge in [-0.1, -0.05) is 61.6 Å². The summed E-state index contributed by atoms with van der Waals surface area (Å²) in [4.78, 5) is 33.9. The summed E-state index contributed by atoms with van der Waals surface area (Å²) < 4.78 is 7.57. The lowest BCUT2D eigenvalue weighted by atomic mass is 9.95. The van der Waals surface area contributed by atoms with Crippen LogP contribution in [0.25, 0.3) is 6.08 Å². The largest absolute Gasteiger partial charge is 0.463 e. The van der Waals surface area contributed by atoms with E-state index in [0.29, 0.717) is 26.5 Å². The fourth-order valence-electron chi connectivity index (χ4n) is 4.19. The third-order valence-corrected chi connectivity index (χ3v) is 7.13. The van der Waals surface area contributed by atoms with Crippen LogP contribution in [0, 0.1) is 0 Å². The van der Waals surface area contributed by atoms with E-state index in [2.05, 4.69) is 31.0 Å². The number of ether oxygens (including phenoxy) is 1. The molecule has 182 valence electrons. The van der Waals surface area contributed by atoms with E-state index in [1.54, 1.807) is 18.4 Å². The Morgan fingerprint density at radius 3 is 2.37 bits per heavy atom. The first-order valence-corrected chi connectivity index (χ1v) is 12.6. The maximum Gasteiger partial charge on any atom is 0.338 e. The van der Waals surface area contributed by atoms with E-state index in [0.717, 1.165) is 16.8 Å². The molecule has 1 unspecified atom stereocenters. The summed E-state index contributed by atoms with van der Waals surface area (Å²) >= 11 is 1.34. The summed E-state index contributed by atoms with van der Waals surface area (Å²) in [6.07, 6.45) is 1.89. The molecule has 0 spiro atoms. The summed E-state index contributed by atoms with van der Waals surface area (Å²) in [5.41, 5.74) is 4.86. The Hall–Kier alpha value is -3.45. The molecule has 0 saturated heterocycles. The van der Waals surface area contributed by atoms with Crippen molar-refractivity contribution in [2.24, 2.45) is 4.99 Å². The van der Waals surface area contributed by atoms with Crippen LogP contribution in [0.2, 0.25) is 0 Å². The smallest absolute Gasteiger partial charge is 0.338 e. The van der Waals surface area contributed by atoms with Crippen LogP contribution in [0.4, 0.5) is 5.69 Å². The maximum absolute atomic E-state index is 13.7. The van der Waals surface area contributed by atoms with Crippen molar-refractivity contribution >= 4 is 29.1 Å². The number of allylic oxidation sites excluding steroid dienone is 1. The van der Waals surface area contributed by atoms with E-state index in [1.807, 2.05) is 61.5 Å². The lowest BCUT2D eigenvalue weighted by Crippen LogP contribution is -2.39. The zero-order valence-corrected chi connectivity index (χ0v) is 21.8. The van der Waals surface area contributed by atoms with Gasteiger partial charge in [0.05, 0.1) is 28.5 Å². The van der Waals surface area contributed by atoms with Crippen LogP contribution >= 0.6 is 11.3 Å². The Bertz CT molecular complexity index is 1440. The molecule has 0 N–H and O–H groups in total. The van der Waals surface area contributed by atoms with Gasteiger partial charge in [0.15, 0.2) is 4.80 Å². The van der Waals surface area contributed by atoms with Crippen molar-refractivity contribution in [1.82, 2.24) is 4.57 Å². The molecule has 0 bridgehead atoms. The summed E-state index contributed by atoms with van der Waals surface area (Å²) in [6.45, 7) is 8.13. The topological polar surface area (TPSA) is 63.9 Å². The van der Waals surface area contributed by atoms with Gasteiger partial charge in [-0.25, -0.2) is 9.79 Å². The second-order valence-electron chi connectivity index (χ2n) is 9.11. The highest BCUT2D eigenvalue weighted by Gasteiger charge is 2.33. The average molecular weight is 490 g/mol. The van der Waals surface area contributed by atoms with E-state index in [4.69, 9.17) is 4.74 Å². The molecule has 1 aromatic heterocycles. The van der Waals surface area contributed by atoms with E-state index in [-0.39, 0.29) is 12.2 Å². The molecule has 0 radical (unpaired) electrons. The van der Waals surface area contributed by atoms with Gasteiger partial charge < -0.3 is 9.64 Å². The second kappa shape index (κ2) is 10.0. The SMILES string of the molecule is CCOC(=O)C1=C(C)N=c2sc(=Cc3ccc(C(C)C)cc3)c(=O)n2C1c1ccc(N(C)C)cc1. The van der Waals surface area contributed by atoms with Crippen LogP contribution in [-0.4, -0.2) is 31.2 Å². The monoisotopic (exact) mass is 489 g/mol. The minimum Gasteiger partial charge on any atom is -0.463 e. The van der Waals surface area contributed by atoms with Gasteiger partial charge in [0.25, 0.3) is 5.56 Å².